The zero-order valence-corrected chi connectivity index (χ0v) is 17.7. The van der Waals surface area contributed by atoms with Crippen LogP contribution >= 0.6 is 0 Å². The van der Waals surface area contributed by atoms with Crippen molar-refractivity contribution in [1.29, 1.82) is 0 Å². The molecule has 3 aromatic rings. The first-order chi connectivity index (χ1) is 14.2. The van der Waals surface area contributed by atoms with Gasteiger partial charge in [0.1, 0.15) is 0 Å². The molecule has 2 heteroatoms. The molecule has 1 heterocycles. The summed E-state index contributed by atoms with van der Waals surface area (Å²) in [7, 11) is 4.40. The van der Waals surface area contributed by atoms with E-state index in [4.69, 9.17) is 0 Å². The van der Waals surface area contributed by atoms with Crippen molar-refractivity contribution in [3.8, 4) is 0 Å². The highest BCUT2D eigenvalue weighted by Crippen LogP contribution is 2.40. The van der Waals surface area contributed by atoms with Crippen LogP contribution in [0.3, 0.4) is 0 Å². The first-order valence-electron chi connectivity index (χ1n) is 10.7. The summed E-state index contributed by atoms with van der Waals surface area (Å²) in [6.07, 6.45) is 2.37. The smallest absolute Gasteiger partial charge is 0.0601 e. The second-order valence-electron chi connectivity index (χ2n) is 8.64. The molecule has 3 aromatic carbocycles. The minimum atomic E-state index is 0.235. The quantitative estimate of drug-likeness (QED) is 0.564. The molecular formula is C27H32N2. The lowest BCUT2D eigenvalue weighted by molar-refractivity contribution is 0.111. The summed E-state index contributed by atoms with van der Waals surface area (Å²) in [5.41, 5.74) is 4.50. The van der Waals surface area contributed by atoms with E-state index < -0.39 is 0 Å². The second-order valence-corrected chi connectivity index (χ2v) is 8.64. The third kappa shape index (κ3) is 4.44. The van der Waals surface area contributed by atoms with E-state index in [0.717, 1.165) is 19.6 Å². The molecular weight excluding hydrogens is 352 g/mol. The van der Waals surface area contributed by atoms with Crippen LogP contribution in [0.5, 0.6) is 0 Å². The SMILES string of the molecule is CN(C)CC1(c2ccccc2)CCN(C(c2ccccc2)c2ccccc2)CC1. The molecule has 1 fully saturated rings. The molecule has 2 nitrogen and oxygen atoms in total. The van der Waals surface area contributed by atoms with Crippen LogP contribution in [-0.4, -0.2) is 43.5 Å². The summed E-state index contributed by atoms with van der Waals surface area (Å²) in [6, 6.07) is 33.4. The van der Waals surface area contributed by atoms with Gasteiger partial charge in [0, 0.05) is 12.0 Å². The Morgan fingerprint density at radius 3 is 1.62 bits per heavy atom. The molecule has 1 aliphatic heterocycles. The van der Waals surface area contributed by atoms with Crippen molar-refractivity contribution in [3.05, 3.63) is 108 Å². The van der Waals surface area contributed by atoms with Crippen LogP contribution in [0.2, 0.25) is 0 Å². The average molecular weight is 385 g/mol. The highest BCUT2D eigenvalue weighted by atomic mass is 15.2. The Balaban J connectivity index is 1.62. The van der Waals surface area contributed by atoms with Crippen molar-refractivity contribution in [3.63, 3.8) is 0 Å². The fraction of sp³-hybridized carbons (Fsp3) is 0.333. The number of likely N-dealkylation sites (N-methyl/N-ethyl adjacent to an activating group) is 1. The number of hydrogen-bond acceptors (Lipinski definition) is 2. The van der Waals surface area contributed by atoms with Crippen LogP contribution < -0.4 is 0 Å². The fourth-order valence-electron chi connectivity index (χ4n) is 5.03. The molecule has 0 aliphatic carbocycles. The molecule has 0 atom stereocenters. The molecule has 0 N–H and O–H groups in total. The minimum Gasteiger partial charge on any atom is -0.309 e. The molecule has 4 rings (SSSR count). The standard InChI is InChI=1S/C27H32N2/c1-28(2)22-27(25-16-10-5-11-17-25)18-20-29(21-19-27)26(23-12-6-3-7-13-23)24-14-8-4-9-15-24/h3-17,26H,18-22H2,1-2H3. The molecule has 0 saturated carbocycles. The Kier molecular flexibility index (Phi) is 6.13. The Morgan fingerprint density at radius 1 is 0.724 bits per heavy atom. The van der Waals surface area contributed by atoms with E-state index in [0.29, 0.717) is 6.04 Å². The van der Waals surface area contributed by atoms with Crippen molar-refractivity contribution >= 4 is 0 Å². The molecule has 0 bridgehead atoms. The van der Waals surface area contributed by atoms with Crippen molar-refractivity contribution in [2.45, 2.75) is 24.3 Å². The van der Waals surface area contributed by atoms with Crippen molar-refractivity contribution < 1.29 is 0 Å². The van der Waals surface area contributed by atoms with Gasteiger partial charge in [0.2, 0.25) is 0 Å². The molecule has 29 heavy (non-hydrogen) atoms. The summed E-state index contributed by atoms with van der Waals surface area (Å²) in [5, 5.41) is 0. The van der Waals surface area contributed by atoms with Gasteiger partial charge in [-0.3, -0.25) is 4.90 Å². The summed E-state index contributed by atoms with van der Waals surface area (Å²) in [5.74, 6) is 0. The van der Waals surface area contributed by atoms with Crippen molar-refractivity contribution in [1.82, 2.24) is 9.80 Å². The van der Waals surface area contributed by atoms with Gasteiger partial charge in [0.15, 0.2) is 0 Å². The van der Waals surface area contributed by atoms with Crippen LogP contribution in [0.15, 0.2) is 91.0 Å². The van der Waals surface area contributed by atoms with Crippen LogP contribution in [0.4, 0.5) is 0 Å². The van der Waals surface area contributed by atoms with Gasteiger partial charge in [-0.2, -0.15) is 0 Å². The van der Waals surface area contributed by atoms with Crippen LogP contribution in [0, 0.1) is 0 Å². The number of likely N-dealkylation sites (tertiary alicyclic amines) is 1. The minimum absolute atomic E-state index is 0.235. The van der Waals surface area contributed by atoms with Gasteiger partial charge < -0.3 is 4.90 Å². The third-order valence-corrected chi connectivity index (χ3v) is 6.36. The maximum absolute atomic E-state index is 2.68. The van der Waals surface area contributed by atoms with Gasteiger partial charge in [0.25, 0.3) is 0 Å². The predicted octanol–water partition coefficient (Wildman–Crippen LogP) is 5.37. The number of piperidine rings is 1. The van der Waals surface area contributed by atoms with E-state index in [2.05, 4.69) is 115 Å². The number of rotatable bonds is 6. The van der Waals surface area contributed by atoms with Gasteiger partial charge in [-0.25, -0.2) is 0 Å². The van der Waals surface area contributed by atoms with Gasteiger partial charge in [0.05, 0.1) is 6.04 Å². The number of nitrogens with zero attached hydrogens (tertiary/aromatic N) is 2. The monoisotopic (exact) mass is 384 g/mol. The van der Waals surface area contributed by atoms with E-state index in [9.17, 15) is 0 Å². The maximum Gasteiger partial charge on any atom is 0.0601 e. The van der Waals surface area contributed by atoms with E-state index in [1.54, 1.807) is 0 Å². The van der Waals surface area contributed by atoms with E-state index in [1.165, 1.54) is 29.5 Å². The highest BCUT2D eigenvalue weighted by molar-refractivity contribution is 5.33. The normalized spacial score (nSPS) is 17.0. The van der Waals surface area contributed by atoms with E-state index in [-0.39, 0.29) is 5.41 Å². The molecule has 150 valence electrons. The Hall–Kier alpha value is -2.42. The molecule has 0 spiro atoms. The number of benzene rings is 3. The lowest BCUT2D eigenvalue weighted by Crippen LogP contribution is -2.48. The zero-order valence-electron chi connectivity index (χ0n) is 17.7. The van der Waals surface area contributed by atoms with Crippen LogP contribution in [0.25, 0.3) is 0 Å². The lowest BCUT2D eigenvalue weighted by atomic mass is 9.72. The molecule has 0 unspecified atom stereocenters. The molecule has 0 aromatic heterocycles. The second kappa shape index (κ2) is 8.94. The van der Waals surface area contributed by atoms with Crippen molar-refractivity contribution in [2.24, 2.45) is 0 Å². The predicted molar refractivity (Wildman–Crippen MR) is 122 cm³/mol. The van der Waals surface area contributed by atoms with Crippen LogP contribution in [0.1, 0.15) is 35.6 Å². The van der Waals surface area contributed by atoms with E-state index >= 15 is 0 Å². The summed E-state index contributed by atoms with van der Waals surface area (Å²) < 4.78 is 0. The number of hydrogen-bond donors (Lipinski definition) is 0. The summed E-state index contributed by atoms with van der Waals surface area (Å²) in [4.78, 5) is 5.04. The zero-order chi connectivity index (χ0) is 20.1. The summed E-state index contributed by atoms with van der Waals surface area (Å²) in [6.45, 7) is 3.32. The van der Waals surface area contributed by atoms with Gasteiger partial charge in [-0.1, -0.05) is 91.0 Å². The lowest BCUT2D eigenvalue weighted by Gasteiger charge is -2.46. The molecule has 0 radical (unpaired) electrons. The van der Waals surface area contributed by atoms with E-state index in [1.807, 2.05) is 0 Å². The molecule has 1 aliphatic rings. The van der Waals surface area contributed by atoms with Gasteiger partial charge >= 0.3 is 0 Å². The Labute approximate surface area is 175 Å². The largest absolute Gasteiger partial charge is 0.309 e. The Bertz CT molecular complexity index is 827. The first-order valence-corrected chi connectivity index (χ1v) is 10.7. The van der Waals surface area contributed by atoms with Crippen LogP contribution in [-0.2, 0) is 5.41 Å². The Morgan fingerprint density at radius 2 is 1.17 bits per heavy atom. The molecule has 0 amide bonds. The third-order valence-electron chi connectivity index (χ3n) is 6.36. The average Bonchev–Trinajstić information content (AvgIpc) is 2.77. The first kappa shape index (κ1) is 19.9. The van der Waals surface area contributed by atoms with Gasteiger partial charge in [-0.05, 0) is 56.7 Å². The maximum atomic E-state index is 2.68. The topological polar surface area (TPSA) is 6.48 Å². The highest BCUT2D eigenvalue weighted by Gasteiger charge is 2.38. The fourth-order valence-corrected chi connectivity index (χ4v) is 5.03. The van der Waals surface area contributed by atoms with Crippen molar-refractivity contribution in [2.75, 3.05) is 33.7 Å². The summed E-state index contributed by atoms with van der Waals surface area (Å²) >= 11 is 0. The van der Waals surface area contributed by atoms with Gasteiger partial charge in [-0.15, -0.1) is 0 Å². The molecule has 1 saturated heterocycles.